The van der Waals surface area contributed by atoms with E-state index < -0.39 is 5.97 Å². The highest BCUT2D eigenvalue weighted by Gasteiger charge is 2.28. The summed E-state index contributed by atoms with van der Waals surface area (Å²) in [6.07, 6.45) is 5.53. The largest absolute Gasteiger partial charge is 0.478 e. The molecule has 3 rings (SSSR count). The van der Waals surface area contributed by atoms with Crippen molar-refractivity contribution in [1.29, 1.82) is 0 Å². The van der Waals surface area contributed by atoms with Crippen molar-refractivity contribution >= 4 is 53.0 Å². The molecule has 0 saturated heterocycles. The third-order valence-electron chi connectivity index (χ3n) is 5.20. The van der Waals surface area contributed by atoms with E-state index in [-0.39, 0.29) is 18.3 Å². The Morgan fingerprint density at radius 1 is 1.11 bits per heavy atom. The quantitative estimate of drug-likeness (QED) is 0.142. The fourth-order valence-corrected chi connectivity index (χ4v) is 3.73. The van der Waals surface area contributed by atoms with Crippen molar-refractivity contribution in [3.63, 3.8) is 0 Å². The molecular weight excluding hydrogens is 514 g/mol. The van der Waals surface area contributed by atoms with Gasteiger partial charge < -0.3 is 29.7 Å². The van der Waals surface area contributed by atoms with Crippen LogP contribution in [0.2, 0.25) is 5.02 Å². The van der Waals surface area contributed by atoms with Crippen LogP contribution in [0.3, 0.4) is 0 Å². The maximum Gasteiger partial charge on any atom is 0.331 e. The normalized spacial score (nSPS) is 12.3. The van der Waals surface area contributed by atoms with E-state index in [1.54, 1.807) is 37.1 Å². The van der Waals surface area contributed by atoms with E-state index in [1.807, 2.05) is 30.3 Å². The average Bonchev–Trinajstić information content (AvgIpc) is 2.97. The van der Waals surface area contributed by atoms with Crippen LogP contribution in [-0.4, -0.2) is 62.7 Å². The van der Waals surface area contributed by atoms with Gasteiger partial charge in [-0.3, -0.25) is 9.59 Å². The number of fused-ring (bicyclic) bond motifs is 2. The van der Waals surface area contributed by atoms with Gasteiger partial charge in [0.2, 0.25) is 0 Å². The van der Waals surface area contributed by atoms with Crippen LogP contribution >= 0.6 is 11.6 Å². The summed E-state index contributed by atoms with van der Waals surface area (Å²) in [4.78, 5) is 47.0. The van der Waals surface area contributed by atoms with E-state index in [0.29, 0.717) is 36.4 Å². The number of anilines is 3. The molecule has 10 nitrogen and oxygen atoms in total. The summed E-state index contributed by atoms with van der Waals surface area (Å²) >= 11 is 6.26. The molecule has 0 unspecified atom stereocenters. The number of carboxylic acid groups (broad SMARTS) is 1. The Bertz CT molecular complexity index is 1180. The highest BCUT2D eigenvalue weighted by molar-refractivity contribution is 6.31. The van der Waals surface area contributed by atoms with Crippen LogP contribution in [0, 0.1) is 0 Å². The number of para-hydroxylation sites is 2. The van der Waals surface area contributed by atoms with Crippen molar-refractivity contribution in [1.82, 2.24) is 5.32 Å². The Morgan fingerprint density at radius 2 is 1.84 bits per heavy atom. The summed E-state index contributed by atoms with van der Waals surface area (Å²) in [5.41, 5.74) is 3.27. The zero-order valence-electron chi connectivity index (χ0n) is 21.1. The Morgan fingerprint density at radius 3 is 2.53 bits per heavy atom. The first-order chi connectivity index (χ1) is 18.3. The molecule has 0 aromatic heterocycles. The fraction of sp³-hybridized carbons (Fsp3) is 0.259. The molecule has 0 saturated carbocycles. The molecule has 1 aliphatic rings. The lowest BCUT2D eigenvalue weighted by Gasteiger charge is -2.26. The number of halogens is 1. The average molecular weight is 544 g/mol. The van der Waals surface area contributed by atoms with Crippen molar-refractivity contribution in [3.05, 3.63) is 77.5 Å². The second kappa shape index (κ2) is 15.9. The summed E-state index contributed by atoms with van der Waals surface area (Å²) in [5.74, 6) is -1.53. The van der Waals surface area contributed by atoms with Gasteiger partial charge in [0, 0.05) is 31.2 Å². The third-order valence-corrected chi connectivity index (χ3v) is 5.44. The van der Waals surface area contributed by atoms with Gasteiger partial charge in [-0.05, 0) is 50.2 Å². The highest BCUT2D eigenvalue weighted by atomic mass is 35.5. The molecule has 0 bridgehead atoms. The number of benzene rings is 2. The lowest BCUT2D eigenvalue weighted by Crippen LogP contribution is -2.25. The van der Waals surface area contributed by atoms with Gasteiger partial charge >= 0.3 is 11.9 Å². The monoisotopic (exact) mass is 543 g/mol. The molecule has 0 fully saturated rings. The summed E-state index contributed by atoms with van der Waals surface area (Å²) in [7, 11) is 1.79. The summed E-state index contributed by atoms with van der Waals surface area (Å²) in [6, 6.07) is 13.3. The first-order valence-corrected chi connectivity index (χ1v) is 12.1. The maximum atomic E-state index is 13.0. The lowest BCUT2D eigenvalue weighted by atomic mass is 10.1. The van der Waals surface area contributed by atoms with Gasteiger partial charge in [-0.25, -0.2) is 9.59 Å². The van der Waals surface area contributed by atoms with Crippen LogP contribution in [0.4, 0.5) is 17.1 Å². The molecule has 1 heterocycles. The predicted octanol–water partition coefficient (Wildman–Crippen LogP) is 3.92. The lowest BCUT2D eigenvalue weighted by molar-refractivity contribution is -0.137. The SMILES string of the molecule is CCOC(=O)/C=C/CNCCCN1c2cc(Cl)ccc2C(=O)N(C)c2ccccc21.O=CO/C=C\C(=O)O. The Balaban J connectivity index is 0.000000550. The molecule has 1 aliphatic heterocycles. The number of carbonyl (C=O) groups is 4. The van der Waals surface area contributed by atoms with E-state index >= 15 is 0 Å². The summed E-state index contributed by atoms with van der Waals surface area (Å²) in [5, 5.41) is 11.7. The number of rotatable bonds is 11. The van der Waals surface area contributed by atoms with Crippen LogP contribution < -0.4 is 15.1 Å². The second-order valence-corrected chi connectivity index (χ2v) is 8.19. The van der Waals surface area contributed by atoms with Crippen LogP contribution in [0.15, 0.2) is 67.0 Å². The van der Waals surface area contributed by atoms with E-state index in [2.05, 4.69) is 15.0 Å². The fourth-order valence-electron chi connectivity index (χ4n) is 3.57. The minimum Gasteiger partial charge on any atom is -0.478 e. The van der Waals surface area contributed by atoms with Gasteiger partial charge in [-0.15, -0.1) is 0 Å². The first kappa shape index (κ1) is 30.1. The van der Waals surface area contributed by atoms with E-state index in [1.165, 1.54) is 6.08 Å². The van der Waals surface area contributed by atoms with Crippen LogP contribution in [0.1, 0.15) is 23.7 Å². The number of carbonyl (C=O) groups excluding carboxylic acids is 3. The van der Waals surface area contributed by atoms with Gasteiger partial charge in [-0.2, -0.15) is 0 Å². The maximum absolute atomic E-state index is 13.0. The van der Waals surface area contributed by atoms with Gasteiger partial charge in [0.25, 0.3) is 12.4 Å². The van der Waals surface area contributed by atoms with Crippen LogP contribution in [0.5, 0.6) is 0 Å². The first-order valence-electron chi connectivity index (χ1n) is 11.8. The zero-order valence-corrected chi connectivity index (χ0v) is 21.9. The van der Waals surface area contributed by atoms with Gasteiger partial charge in [0.15, 0.2) is 0 Å². The Kier molecular flexibility index (Phi) is 12.5. The molecule has 202 valence electrons. The molecule has 2 aromatic carbocycles. The van der Waals surface area contributed by atoms with Crippen molar-refractivity contribution in [2.75, 3.05) is 43.1 Å². The number of nitrogens with zero attached hydrogens (tertiary/aromatic N) is 2. The molecule has 11 heteroatoms. The molecular formula is C27H30ClN3O7. The molecule has 0 aliphatic carbocycles. The number of aliphatic carboxylic acids is 1. The van der Waals surface area contributed by atoms with Crippen LogP contribution in [-0.2, 0) is 23.9 Å². The van der Waals surface area contributed by atoms with Crippen molar-refractivity contribution in [2.45, 2.75) is 13.3 Å². The summed E-state index contributed by atoms with van der Waals surface area (Å²) < 4.78 is 8.75. The van der Waals surface area contributed by atoms with Crippen molar-refractivity contribution in [2.24, 2.45) is 0 Å². The molecule has 0 spiro atoms. The molecule has 38 heavy (non-hydrogen) atoms. The predicted molar refractivity (Wildman–Crippen MR) is 145 cm³/mol. The highest BCUT2D eigenvalue weighted by Crippen LogP contribution is 2.40. The number of nitrogens with one attached hydrogen (secondary N) is 1. The van der Waals surface area contributed by atoms with Gasteiger partial charge in [0.1, 0.15) is 6.26 Å². The third kappa shape index (κ3) is 9.06. The number of carboxylic acids is 1. The second-order valence-electron chi connectivity index (χ2n) is 7.75. The minimum absolute atomic E-state index is 0.0566. The number of hydrogen-bond acceptors (Lipinski definition) is 8. The number of amides is 1. The van der Waals surface area contributed by atoms with Crippen molar-refractivity contribution in [3.8, 4) is 0 Å². The standard InChI is InChI=1S/C23H26ClN3O3.C4H4O4/c1-3-30-22(28)10-6-13-25-14-7-15-27-20-9-5-4-8-19(20)26(2)23(29)18-12-11-17(24)16-21(18)27;5-3-8-2-1-4(6)7/h4-6,8-12,16,25H,3,7,13-15H2,1-2H3;1-3H,(H,6,7)/b10-6+;2-1-. The topological polar surface area (TPSA) is 125 Å². The van der Waals surface area contributed by atoms with E-state index in [0.717, 1.165) is 36.3 Å². The van der Waals surface area contributed by atoms with Crippen LogP contribution in [0.25, 0.3) is 0 Å². The zero-order chi connectivity index (χ0) is 27.9. The Labute approximate surface area is 226 Å². The molecule has 0 atom stereocenters. The van der Waals surface area contributed by atoms with Crippen molar-refractivity contribution < 1.29 is 33.8 Å². The van der Waals surface area contributed by atoms with Gasteiger partial charge in [0.05, 0.1) is 35.3 Å². The smallest absolute Gasteiger partial charge is 0.331 e. The number of esters is 1. The van der Waals surface area contributed by atoms with E-state index in [4.69, 9.17) is 21.4 Å². The van der Waals surface area contributed by atoms with E-state index in [9.17, 15) is 19.2 Å². The Hall–Kier alpha value is -4.15. The number of ether oxygens (including phenoxy) is 2. The molecule has 1 amide bonds. The molecule has 2 aromatic rings. The minimum atomic E-state index is -1.15. The summed E-state index contributed by atoms with van der Waals surface area (Å²) in [6.45, 7) is 4.34. The molecule has 2 N–H and O–H groups in total. The van der Waals surface area contributed by atoms with Gasteiger partial charge in [-0.1, -0.05) is 29.8 Å². The molecule has 0 radical (unpaired) electrons. The number of hydrogen-bond donors (Lipinski definition) is 2.